The van der Waals surface area contributed by atoms with Crippen LogP contribution in [-0.2, 0) is 16.4 Å². The maximum atomic E-state index is 13.0. The first-order valence-corrected chi connectivity index (χ1v) is 11.6. The smallest absolute Gasteiger partial charge is 0.243 e. The number of sulfonamides is 1. The van der Waals surface area contributed by atoms with Gasteiger partial charge in [-0.2, -0.15) is 4.31 Å². The van der Waals surface area contributed by atoms with Gasteiger partial charge in [-0.3, -0.25) is 4.90 Å². The number of piperidine rings is 1. The van der Waals surface area contributed by atoms with Crippen LogP contribution in [-0.4, -0.2) is 75.4 Å². The molecule has 0 saturated carbocycles. The molecule has 0 N–H and O–H groups in total. The van der Waals surface area contributed by atoms with Gasteiger partial charge >= 0.3 is 0 Å². The Morgan fingerprint density at radius 3 is 2.44 bits per heavy atom. The Morgan fingerprint density at radius 2 is 1.74 bits per heavy atom. The molecule has 0 unspecified atom stereocenters. The monoisotopic (exact) mass is 389 g/mol. The molecule has 0 spiro atoms. The van der Waals surface area contributed by atoms with E-state index in [2.05, 4.69) is 29.8 Å². The van der Waals surface area contributed by atoms with E-state index in [-0.39, 0.29) is 0 Å². The van der Waals surface area contributed by atoms with Crippen molar-refractivity contribution in [3.63, 3.8) is 0 Å². The van der Waals surface area contributed by atoms with Crippen LogP contribution >= 0.6 is 0 Å². The van der Waals surface area contributed by atoms with Crippen LogP contribution in [0, 0.1) is 5.92 Å². The molecule has 1 aliphatic carbocycles. The molecule has 2 saturated heterocycles. The lowest BCUT2D eigenvalue weighted by Crippen LogP contribution is -2.45. The van der Waals surface area contributed by atoms with Crippen LogP contribution in [0.15, 0.2) is 28.7 Å². The van der Waals surface area contributed by atoms with Crippen molar-refractivity contribution in [1.82, 2.24) is 14.1 Å². The maximum absolute atomic E-state index is 13.0. The van der Waals surface area contributed by atoms with Crippen LogP contribution in [0.4, 0.5) is 0 Å². The minimum atomic E-state index is -3.37. The van der Waals surface area contributed by atoms with Crippen LogP contribution in [0.5, 0.6) is 0 Å². The largest absolute Gasteiger partial charge is 0.304 e. The highest BCUT2D eigenvalue weighted by Gasteiger charge is 2.29. The molecule has 0 bridgehead atoms. The number of piperazine rings is 1. The van der Waals surface area contributed by atoms with Gasteiger partial charge in [0.15, 0.2) is 0 Å². The zero-order valence-corrected chi connectivity index (χ0v) is 17.3. The summed E-state index contributed by atoms with van der Waals surface area (Å²) in [5.74, 6) is 0.622. The van der Waals surface area contributed by atoms with E-state index < -0.39 is 10.0 Å². The van der Waals surface area contributed by atoms with Crippen molar-refractivity contribution in [3.05, 3.63) is 34.9 Å². The summed E-state index contributed by atoms with van der Waals surface area (Å²) in [7, 11) is -1.20. The molecule has 6 heteroatoms. The number of nitrogens with zero attached hydrogens (tertiary/aromatic N) is 3. The third-order valence-electron chi connectivity index (χ3n) is 6.30. The Bertz CT molecular complexity index is 818. The Labute approximate surface area is 163 Å². The summed E-state index contributed by atoms with van der Waals surface area (Å²) in [5.41, 5.74) is 3.74. The maximum Gasteiger partial charge on any atom is 0.243 e. The van der Waals surface area contributed by atoms with Crippen molar-refractivity contribution in [2.45, 2.75) is 31.1 Å². The lowest BCUT2D eigenvalue weighted by Gasteiger charge is -2.32. The number of rotatable bonds is 4. The van der Waals surface area contributed by atoms with Crippen molar-refractivity contribution >= 4 is 16.1 Å². The van der Waals surface area contributed by atoms with E-state index in [1.165, 1.54) is 11.1 Å². The normalized spacial score (nSPS) is 23.4. The van der Waals surface area contributed by atoms with E-state index in [1.54, 1.807) is 10.4 Å². The van der Waals surface area contributed by atoms with Crippen LogP contribution < -0.4 is 0 Å². The standard InChI is InChI=1S/C21H31N3O2S/c1-17-5-7-24(8-6-17)27(25,26)21-4-3-19-13-18(14-20(19)15-21)16-23-11-9-22(2)10-12-23/h3-4,14-15,17H,5-13,16H2,1-2H3. The van der Waals surface area contributed by atoms with E-state index >= 15 is 0 Å². The van der Waals surface area contributed by atoms with E-state index in [4.69, 9.17) is 0 Å². The van der Waals surface area contributed by atoms with Crippen molar-refractivity contribution in [1.29, 1.82) is 0 Å². The Kier molecular flexibility index (Phi) is 5.43. The van der Waals surface area contributed by atoms with Gasteiger partial charge < -0.3 is 4.90 Å². The first-order valence-electron chi connectivity index (χ1n) is 10.2. The summed E-state index contributed by atoms with van der Waals surface area (Å²) in [6.07, 6.45) is 5.08. The van der Waals surface area contributed by atoms with Crippen LogP contribution in [0.1, 0.15) is 30.9 Å². The fourth-order valence-corrected chi connectivity index (χ4v) is 5.82. The molecule has 1 aromatic rings. The Balaban J connectivity index is 1.47. The van der Waals surface area contributed by atoms with Crippen molar-refractivity contribution in [2.75, 3.05) is 52.9 Å². The lowest BCUT2D eigenvalue weighted by atomic mass is 10.0. The van der Waals surface area contributed by atoms with E-state index in [0.717, 1.165) is 57.5 Å². The molecule has 4 rings (SSSR count). The van der Waals surface area contributed by atoms with Gasteiger partial charge in [0.25, 0.3) is 0 Å². The zero-order valence-electron chi connectivity index (χ0n) is 16.5. The molecule has 2 heterocycles. The average molecular weight is 390 g/mol. The number of benzene rings is 1. The zero-order chi connectivity index (χ0) is 19.0. The summed E-state index contributed by atoms with van der Waals surface area (Å²) < 4.78 is 27.7. The molecule has 2 fully saturated rings. The van der Waals surface area contributed by atoms with Crippen LogP contribution in [0.2, 0.25) is 0 Å². The molecule has 27 heavy (non-hydrogen) atoms. The Hall–Kier alpha value is -1.21. The van der Waals surface area contributed by atoms with Gasteiger partial charge in [0.1, 0.15) is 0 Å². The highest BCUT2D eigenvalue weighted by atomic mass is 32.2. The number of fused-ring (bicyclic) bond motifs is 1. The van der Waals surface area contributed by atoms with E-state index in [0.29, 0.717) is 23.9 Å². The fourth-order valence-electron chi connectivity index (χ4n) is 4.31. The molecule has 3 aliphatic rings. The van der Waals surface area contributed by atoms with Crippen LogP contribution in [0.25, 0.3) is 6.08 Å². The second-order valence-corrected chi connectivity index (χ2v) is 10.4. The average Bonchev–Trinajstić information content (AvgIpc) is 3.05. The van der Waals surface area contributed by atoms with Gasteiger partial charge in [0, 0.05) is 45.8 Å². The van der Waals surface area contributed by atoms with Gasteiger partial charge in [-0.1, -0.05) is 24.6 Å². The molecule has 148 valence electrons. The first-order chi connectivity index (χ1) is 12.9. The second-order valence-electron chi connectivity index (χ2n) is 8.51. The van der Waals surface area contributed by atoms with Gasteiger partial charge in [-0.05, 0) is 55.5 Å². The summed E-state index contributed by atoms with van der Waals surface area (Å²) in [6, 6.07) is 5.71. The Morgan fingerprint density at radius 1 is 1.04 bits per heavy atom. The molecule has 0 aromatic heterocycles. The molecular weight excluding hydrogens is 358 g/mol. The van der Waals surface area contributed by atoms with Gasteiger partial charge in [0.2, 0.25) is 10.0 Å². The third kappa shape index (κ3) is 4.14. The molecule has 2 aliphatic heterocycles. The van der Waals surface area contributed by atoms with Gasteiger partial charge in [-0.15, -0.1) is 0 Å². The molecule has 5 nitrogen and oxygen atoms in total. The van der Waals surface area contributed by atoms with Crippen molar-refractivity contribution < 1.29 is 8.42 Å². The van der Waals surface area contributed by atoms with Gasteiger partial charge in [-0.25, -0.2) is 8.42 Å². The highest BCUT2D eigenvalue weighted by Crippen LogP contribution is 2.30. The molecule has 0 amide bonds. The van der Waals surface area contributed by atoms with Crippen LogP contribution in [0.3, 0.4) is 0 Å². The minimum absolute atomic E-state index is 0.452. The van der Waals surface area contributed by atoms with Crippen molar-refractivity contribution in [2.24, 2.45) is 5.92 Å². The number of hydrogen-bond acceptors (Lipinski definition) is 4. The lowest BCUT2D eigenvalue weighted by molar-refractivity contribution is 0.164. The minimum Gasteiger partial charge on any atom is -0.304 e. The molecular formula is C21H31N3O2S. The van der Waals surface area contributed by atoms with Crippen molar-refractivity contribution in [3.8, 4) is 0 Å². The van der Waals surface area contributed by atoms with Gasteiger partial charge in [0.05, 0.1) is 4.90 Å². The SMILES string of the molecule is CC1CCN(S(=O)(=O)c2ccc3c(c2)C=C(CN2CCN(C)CC2)C3)CC1. The second kappa shape index (κ2) is 7.66. The summed E-state index contributed by atoms with van der Waals surface area (Å²) in [4.78, 5) is 5.32. The summed E-state index contributed by atoms with van der Waals surface area (Å²) >= 11 is 0. The number of likely N-dealkylation sites (N-methyl/N-ethyl adjacent to an activating group) is 1. The fraction of sp³-hybridized carbons (Fsp3) is 0.619. The van der Waals surface area contributed by atoms with E-state index in [9.17, 15) is 8.42 Å². The predicted molar refractivity (Wildman–Crippen MR) is 109 cm³/mol. The van der Waals surface area contributed by atoms with E-state index in [1.807, 2.05) is 12.1 Å². The quantitative estimate of drug-likeness (QED) is 0.793. The summed E-state index contributed by atoms with van der Waals surface area (Å²) in [6.45, 7) is 8.94. The first kappa shape index (κ1) is 19.1. The highest BCUT2D eigenvalue weighted by molar-refractivity contribution is 7.89. The predicted octanol–water partition coefficient (Wildman–Crippen LogP) is 2.29. The molecule has 0 radical (unpaired) electrons. The third-order valence-corrected chi connectivity index (χ3v) is 8.19. The molecule has 0 atom stereocenters. The molecule has 1 aromatic carbocycles. The summed E-state index contributed by atoms with van der Waals surface area (Å²) in [5, 5.41) is 0. The number of hydrogen-bond donors (Lipinski definition) is 0. The topological polar surface area (TPSA) is 43.9 Å².